The average molecular weight is 229 g/mol. The zero-order chi connectivity index (χ0) is 12.3. The van der Waals surface area contributed by atoms with Gasteiger partial charge in [-0.05, 0) is 37.1 Å². The van der Waals surface area contributed by atoms with Crippen LogP contribution in [0.1, 0.15) is 12.5 Å². The summed E-state index contributed by atoms with van der Waals surface area (Å²) < 4.78 is 26.2. The lowest BCUT2D eigenvalue weighted by atomic mass is 9.83. The molecule has 0 aromatic heterocycles. The molecule has 0 amide bonds. The molecule has 88 valence electrons. The Morgan fingerprint density at radius 2 is 2.12 bits per heavy atom. The van der Waals surface area contributed by atoms with E-state index in [4.69, 9.17) is 10.8 Å². The lowest BCUT2D eigenvalue weighted by Crippen LogP contribution is -2.37. The van der Waals surface area contributed by atoms with Crippen molar-refractivity contribution in [2.24, 2.45) is 11.1 Å². The highest BCUT2D eigenvalue weighted by molar-refractivity contribution is 5.74. The van der Waals surface area contributed by atoms with Crippen LogP contribution in [0.3, 0.4) is 0 Å². The molecule has 16 heavy (non-hydrogen) atoms. The first-order valence-corrected chi connectivity index (χ1v) is 4.76. The van der Waals surface area contributed by atoms with Crippen molar-refractivity contribution < 1.29 is 18.7 Å². The molecule has 1 aromatic carbocycles. The van der Waals surface area contributed by atoms with Crippen molar-refractivity contribution in [1.82, 2.24) is 0 Å². The van der Waals surface area contributed by atoms with Crippen LogP contribution >= 0.6 is 0 Å². The lowest BCUT2D eigenvalue weighted by molar-refractivity contribution is -0.147. The summed E-state index contributed by atoms with van der Waals surface area (Å²) in [5.74, 6) is -2.35. The number of aliphatic carboxylic acids is 1. The zero-order valence-corrected chi connectivity index (χ0v) is 8.84. The molecule has 0 radical (unpaired) electrons. The van der Waals surface area contributed by atoms with Gasteiger partial charge in [0.2, 0.25) is 0 Å². The van der Waals surface area contributed by atoms with Crippen LogP contribution in [-0.4, -0.2) is 17.6 Å². The van der Waals surface area contributed by atoms with Crippen molar-refractivity contribution in [2.75, 3.05) is 6.54 Å². The van der Waals surface area contributed by atoms with E-state index in [0.29, 0.717) is 0 Å². The molecule has 0 saturated carbocycles. The van der Waals surface area contributed by atoms with Crippen LogP contribution < -0.4 is 5.73 Å². The van der Waals surface area contributed by atoms with Crippen LogP contribution in [0.5, 0.6) is 0 Å². The molecular weight excluding hydrogens is 216 g/mol. The molecule has 3 nitrogen and oxygen atoms in total. The van der Waals surface area contributed by atoms with Crippen molar-refractivity contribution >= 4 is 5.97 Å². The third kappa shape index (κ3) is 2.55. The van der Waals surface area contributed by atoms with Crippen LogP contribution in [0.2, 0.25) is 0 Å². The number of nitrogens with two attached hydrogens (primary N) is 1. The van der Waals surface area contributed by atoms with Crippen molar-refractivity contribution in [3.63, 3.8) is 0 Å². The molecule has 0 aliphatic rings. The molecule has 1 aromatic rings. The Morgan fingerprint density at radius 1 is 1.50 bits per heavy atom. The molecule has 0 heterocycles. The maximum Gasteiger partial charge on any atom is 0.310 e. The standard InChI is InChI=1S/C11H13F2NO2/c1-11(6-14,10(15)16)5-7-4-8(12)2-3-9(7)13/h2-4H,5-6,14H2,1H3,(H,15,16). The topological polar surface area (TPSA) is 63.3 Å². The fraction of sp³-hybridized carbons (Fsp3) is 0.364. The fourth-order valence-electron chi connectivity index (χ4n) is 1.33. The van der Waals surface area contributed by atoms with E-state index in [2.05, 4.69) is 0 Å². The van der Waals surface area contributed by atoms with Crippen molar-refractivity contribution in [3.8, 4) is 0 Å². The van der Waals surface area contributed by atoms with Crippen molar-refractivity contribution in [2.45, 2.75) is 13.3 Å². The number of hydrogen-bond donors (Lipinski definition) is 2. The van der Waals surface area contributed by atoms with Gasteiger partial charge in [-0.25, -0.2) is 8.78 Å². The first-order chi connectivity index (χ1) is 7.39. The molecule has 1 rings (SSSR count). The second kappa shape index (κ2) is 4.57. The van der Waals surface area contributed by atoms with E-state index >= 15 is 0 Å². The van der Waals surface area contributed by atoms with E-state index in [1.807, 2.05) is 0 Å². The van der Waals surface area contributed by atoms with Gasteiger partial charge in [-0.15, -0.1) is 0 Å². The number of carboxylic acid groups (broad SMARTS) is 1. The maximum atomic E-state index is 13.3. The minimum atomic E-state index is -1.28. The second-order valence-corrected chi connectivity index (χ2v) is 3.98. The van der Waals surface area contributed by atoms with Crippen LogP contribution in [0, 0.1) is 17.0 Å². The molecule has 0 bridgehead atoms. The Hall–Kier alpha value is -1.49. The number of carbonyl (C=O) groups is 1. The van der Waals surface area contributed by atoms with E-state index in [-0.39, 0.29) is 18.5 Å². The minimum absolute atomic E-state index is 0.0235. The maximum absolute atomic E-state index is 13.3. The predicted molar refractivity (Wildman–Crippen MR) is 54.9 cm³/mol. The Balaban J connectivity index is 3.03. The Labute approximate surface area is 91.9 Å². The fourth-order valence-corrected chi connectivity index (χ4v) is 1.33. The van der Waals surface area contributed by atoms with E-state index in [1.54, 1.807) is 0 Å². The first kappa shape index (κ1) is 12.6. The summed E-state index contributed by atoms with van der Waals surface area (Å²) in [6.07, 6.45) is -0.136. The van der Waals surface area contributed by atoms with Gasteiger partial charge in [0.25, 0.3) is 0 Å². The van der Waals surface area contributed by atoms with Gasteiger partial charge in [0, 0.05) is 6.54 Å². The van der Waals surface area contributed by atoms with Crippen molar-refractivity contribution in [3.05, 3.63) is 35.4 Å². The summed E-state index contributed by atoms with van der Waals surface area (Å²) in [5, 5.41) is 8.96. The number of carboxylic acids is 1. The van der Waals surface area contributed by atoms with Gasteiger partial charge in [0.1, 0.15) is 11.6 Å². The number of rotatable bonds is 4. The molecule has 0 aliphatic heterocycles. The Kier molecular flexibility index (Phi) is 3.59. The van der Waals surface area contributed by atoms with Crippen LogP contribution in [-0.2, 0) is 11.2 Å². The monoisotopic (exact) mass is 229 g/mol. The van der Waals surface area contributed by atoms with Crippen LogP contribution in [0.15, 0.2) is 18.2 Å². The largest absolute Gasteiger partial charge is 0.481 e. The second-order valence-electron chi connectivity index (χ2n) is 3.98. The van der Waals surface area contributed by atoms with Crippen LogP contribution in [0.25, 0.3) is 0 Å². The van der Waals surface area contributed by atoms with Gasteiger partial charge in [0.15, 0.2) is 0 Å². The van der Waals surface area contributed by atoms with Gasteiger partial charge in [0.05, 0.1) is 5.41 Å². The molecular formula is C11H13F2NO2. The quantitative estimate of drug-likeness (QED) is 0.823. The number of halogens is 2. The van der Waals surface area contributed by atoms with Gasteiger partial charge < -0.3 is 10.8 Å². The van der Waals surface area contributed by atoms with Gasteiger partial charge in [-0.2, -0.15) is 0 Å². The highest BCUT2D eigenvalue weighted by Gasteiger charge is 2.32. The average Bonchev–Trinajstić information content (AvgIpc) is 2.23. The first-order valence-electron chi connectivity index (χ1n) is 4.76. The van der Waals surface area contributed by atoms with E-state index in [9.17, 15) is 13.6 Å². The molecule has 3 N–H and O–H groups in total. The normalized spacial score (nSPS) is 14.5. The number of hydrogen-bond acceptors (Lipinski definition) is 2. The van der Waals surface area contributed by atoms with Crippen molar-refractivity contribution in [1.29, 1.82) is 0 Å². The molecule has 5 heteroatoms. The highest BCUT2D eigenvalue weighted by atomic mass is 19.1. The zero-order valence-electron chi connectivity index (χ0n) is 8.84. The third-order valence-electron chi connectivity index (χ3n) is 2.56. The highest BCUT2D eigenvalue weighted by Crippen LogP contribution is 2.23. The summed E-state index contributed by atoms with van der Waals surface area (Å²) in [6, 6.07) is 2.95. The minimum Gasteiger partial charge on any atom is -0.481 e. The summed E-state index contributed by atoms with van der Waals surface area (Å²) in [6.45, 7) is 1.26. The van der Waals surface area contributed by atoms with Gasteiger partial charge >= 0.3 is 5.97 Å². The smallest absolute Gasteiger partial charge is 0.310 e. The third-order valence-corrected chi connectivity index (χ3v) is 2.56. The number of benzene rings is 1. The van der Waals surface area contributed by atoms with E-state index in [1.165, 1.54) is 6.92 Å². The molecule has 0 saturated heterocycles. The molecule has 1 atom stereocenters. The summed E-state index contributed by atoms with van der Waals surface area (Å²) in [4.78, 5) is 11.0. The summed E-state index contributed by atoms with van der Waals surface area (Å²) in [5.41, 5.74) is 4.09. The summed E-state index contributed by atoms with van der Waals surface area (Å²) in [7, 11) is 0. The van der Waals surface area contributed by atoms with E-state index < -0.39 is 23.0 Å². The lowest BCUT2D eigenvalue weighted by Gasteiger charge is -2.22. The SMILES string of the molecule is CC(CN)(Cc1cc(F)ccc1F)C(=O)O. The molecule has 0 fully saturated rings. The van der Waals surface area contributed by atoms with E-state index in [0.717, 1.165) is 18.2 Å². The van der Waals surface area contributed by atoms with Crippen LogP contribution in [0.4, 0.5) is 8.78 Å². The van der Waals surface area contributed by atoms with Gasteiger partial charge in [-0.1, -0.05) is 0 Å². The molecule has 0 spiro atoms. The summed E-state index contributed by atoms with van der Waals surface area (Å²) >= 11 is 0. The Bertz CT molecular complexity index is 409. The molecule has 0 aliphatic carbocycles. The van der Waals surface area contributed by atoms with Gasteiger partial charge in [-0.3, -0.25) is 4.79 Å². The molecule has 1 unspecified atom stereocenters. The Morgan fingerprint density at radius 3 is 2.62 bits per heavy atom. The predicted octanol–water partition coefficient (Wildman–Crippen LogP) is 1.56.